The van der Waals surface area contributed by atoms with Crippen LogP contribution in [0, 0.1) is 5.92 Å². The van der Waals surface area contributed by atoms with Gasteiger partial charge < -0.3 is 10.6 Å². The van der Waals surface area contributed by atoms with Crippen molar-refractivity contribution in [1.82, 2.24) is 4.90 Å². The second kappa shape index (κ2) is 15.0. The van der Waals surface area contributed by atoms with Crippen LogP contribution in [0.4, 0.5) is 0 Å². The first-order valence-corrected chi connectivity index (χ1v) is 10.1. The number of nitrogens with two attached hydrogens (primary N) is 1. The molecular weight excluding hydrogens is 284 g/mol. The molecule has 0 aliphatic carbocycles. The molecule has 0 fully saturated rings. The first-order chi connectivity index (χ1) is 11.1. The molecule has 23 heavy (non-hydrogen) atoms. The van der Waals surface area contributed by atoms with Gasteiger partial charge in [-0.2, -0.15) is 0 Å². The molecule has 0 radical (unpaired) electrons. The molecule has 2 unspecified atom stereocenters. The smallest absolute Gasteiger partial charge is 0.222 e. The summed E-state index contributed by atoms with van der Waals surface area (Å²) in [4.78, 5) is 14.1. The minimum atomic E-state index is -0.125. The van der Waals surface area contributed by atoms with Crippen LogP contribution in [0.15, 0.2) is 0 Å². The van der Waals surface area contributed by atoms with Gasteiger partial charge in [-0.05, 0) is 26.4 Å². The monoisotopic (exact) mass is 326 g/mol. The summed E-state index contributed by atoms with van der Waals surface area (Å²) in [6, 6.07) is 0.265. The van der Waals surface area contributed by atoms with Gasteiger partial charge in [-0.3, -0.25) is 4.79 Å². The molecule has 2 N–H and O–H groups in total. The molecule has 0 aliphatic rings. The lowest BCUT2D eigenvalue weighted by Crippen LogP contribution is -2.43. The van der Waals surface area contributed by atoms with Gasteiger partial charge in [-0.15, -0.1) is 0 Å². The van der Waals surface area contributed by atoms with Gasteiger partial charge >= 0.3 is 0 Å². The second-order valence-electron chi connectivity index (χ2n) is 6.94. The number of amides is 1. The van der Waals surface area contributed by atoms with E-state index in [1.807, 2.05) is 0 Å². The molecule has 0 rings (SSSR count). The van der Waals surface area contributed by atoms with Gasteiger partial charge in [0.25, 0.3) is 0 Å². The SMILES string of the molecule is CCCCCCCCCCCCC(C(N)=O)C(C)N(CC)CC. The molecular formula is C20H42N2O. The molecule has 3 nitrogen and oxygen atoms in total. The maximum absolute atomic E-state index is 11.8. The van der Waals surface area contributed by atoms with Crippen molar-refractivity contribution >= 4 is 5.91 Å². The first kappa shape index (κ1) is 22.4. The third kappa shape index (κ3) is 10.8. The Hall–Kier alpha value is -0.570. The van der Waals surface area contributed by atoms with E-state index < -0.39 is 0 Å². The molecule has 1 amide bonds. The number of hydrogen-bond acceptors (Lipinski definition) is 2. The van der Waals surface area contributed by atoms with Gasteiger partial charge in [0.05, 0.1) is 5.92 Å². The highest BCUT2D eigenvalue weighted by Crippen LogP contribution is 2.19. The third-order valence-electron chi connectivity index (χ3n) is 5.20. The molecule has 3 heteroatoms. The van der Waals surface area contributed by atoms with E-state index >= 15 is 0 Å². The molecule has 0 saturated heterocycles. The van der Waals surface area contributed by atoms with Crippen molar-refractivity contribution in [2.75, 3.05) is 13.1 Å². The Kier molecular flexibility index (Phi) is 14.6. The topological polar surface area (TPSA) is 46.3 Å². The fourth-order valence-corrected chi connectivity index (χ4v) is 3.53. The highest BCUT2D eigenvalue weighted by molar-refractivity contribution is 5.77. The summed E-state index contributed by atoms with van der Waals surface area (Å²) >= 11 is 0. The predicted octanol–water partition coefficient (Wildman–Crippen LogP) is 5.13. The quantitative estimate of drug-likeness (QED) is 0.400. The zero-order valence-electron chi connectivity index (χ0n) is 16.3. The van der Waals surface area contributed by atoms with Crippen molar-refractivity contribution in [1.29, 1.82) is 0 Å². The van der Waals surface area contributed by atoms with Crippen LogP contribution in [0.1, 0.15) is 98.3 Å². The molecule has 0 aromatic heterocycles. The molecule has 0 aliphatic heterocycles. The van der Waals surface area contributed by atoms with E-state index in [1.165, 1.54) is 57.8 Å². The van der Waals surface area contributed by atoms with Gasteiger partial charge in [0.15, 0.2) is 0 Å². The van der Waals surface area contributed by atoms with E-state index in [1.54, 1.807) is 0 Å². The van der Waals surface area contributed by atoms with Gasteiger partial charge in [0.2, 0.25) is 5.91 Å². The number of carbonyl (C=O) groups is 1. The Morgan fingerprint density at radius 1 is 0.826 bits per heavy atom. The predicted molar refractivity (Wildman–Crippen MR) is 102 cm³/mol. The lowest BCUT2D eigenvalue weighted by atomic mass is 9.92. The zero-order chi connectivity index (χ0) is 17.5. The van der Waals surface area contributed by atoms with Crippen LogP contribution in [0.3, 0.4) is 0 Å². The highest BCUT2D eigenvalue weighted by Gasteiger charge is 2.25. The van der Waals surface area contributed by atoms with E-state index in [0.29, 0.717) is 0 Å². The van der Waals surface area contributed by atoms with Gasteiger partial charge in [0.1, 0.15) is 0 Å². The fraction of sp³-hybridized carbons (Fsp3) is 0.950. The minimum Gasteiger partial charge on any atom is -0.369 e. The minimum absolute atomic E-state index is 0.00365. The summed E-state index contributed by atoms with van der Waals surface area (Å²) in [7, 11) is 0. The van der Waals surface area contributed by atoms with Crippen LogP contribution in [0.5, 0.6) is 0 Å². The Morgan fingerprint density at radius 2 is 1.26 bits per heavy atom. The summed E-state index contributed by atoms with van der Waals surface area (Å²) in [5.41, 5.74) is 5.64. The summed E-state index contributed by atoms with van der Waals surface area (Å²) in [6.45, 7) is 10.7. The van der Waals surface area contributed by atoms with E-state index in [-0.39, 0.29) is 17.9 Å². The summed E-state index contributed by atoms with van der Waals surface area (Å²) < 4.78 is 0. The molecule has 0 heterocycles. The molecule has 0 saturated carbocycles. The van der Waals surface area contributed by atoms with E-state index in [4.69, 9.17) is 5.73 Å². The third-order valence-corrected chi connectivity index (χ3v) is 5.20. The number of carbonyl (C=O) groups excluding carboxylic acids is 1. The normalized spacial score (nSPS) is 14.1. The fourth-order valence-electron chi connectivity index (χ4n) is 3.53. The molecule has 0 aromatic rings. The zero-order valence-corrected chi connectivity index (χ0v) is 16.3. The molecule has 2 atom stereocenters. The van der Waals surface area contributed by atoms with Crippen molar-refractivity contribution in [3.63, 3.8) is 0 Å². The Labute approximate surface area is 145 Å². The Bertz CT molecular complexity index is 277. The van der Waals surface area contributed by atoms with Crippen molar-refractivity contribution in [2.45, 2.75) is 104 Å². The number of nitrogens with zero attached hydrogens (tertiary/aromatic N) is 1. The van der Waals surface area contributed by atoms with Crippen LogP contribution in [-0.4, -0.2) is 29.9 Å². The van der Waals surface area contributed by atoms with Gasteiger partial charge in [0, 0.05) is 6.04 Å². The highest BCUT2D eigenvalue weighted by atomic mass is 16.1. The number of primary amides is 1. The lowest BCUT2D eigenvalue weighted by Gasteiger charge is -2.31. The summed E-state index contributed by atoms with van der Waals surface area (Å²) in [5.74, 6) is -0.121. The average Bonchev–Trinajstić information content (AvgIpc) is 2.53. The Morgan fingerprint density at radius 3 is 1.65 bits per heavy atom. The van der Waals surface area contributed by atoms with E-state index in [9.17, 15) is 4.79 Å². The van der Waals surface area contributed by atoms with Crippen molar-refractivity contribution in [3.05, 3.63) is 0 Å². The van der Waals surface area contributed by atoms with E-state index in [0.717, 1.165) is 25.9 Å². The molecule has 0 bridgehead atoms. The summed E-state index contributed by atoms with van der Waals surface area (Å²) in [5, 5.41) is 0. The van der Waals surface area contributed by atoms with Crippen LogP contribution >= 0.6 is 0 Å². The van der Waals surface area contributed by atoms with Crippen molar-refractivity contribution in [2.24, 2.45) is 11.7 Å². The van der Waals surface area contributed by atoms with Gasteiger partial charge in [-0.25, -0.2) is 0 Å². The maximum Gasteiger partial charge on any atom is 0.222 e. The molecule has 0 aromatic carbocycles. The lowest BCUT2D eigenvalue weighted by molar-refractivity contribution is -0.124. The van der Waals surface area contributed by atoms with Crippen LogP contribution in [-0.2, 0) is 4.79 Å². The summed E-state index contributed by atoms with van der Waals surface area (Å²) in [6.07, 6.45) is 14.3. The Balaban J connectivity index is 3.79. The van der Waals surface area contributed by atoms with Crippen molar-refractivity contribution in [3.8, 4) is 0 Å². The second-order valence-corrected chi connectivity index (χ2v) is 6.94. The molecule has 138 valence electrons. The number of unbranched alkanes of at least 4 members (excludes halogenated alkanes) is 9. The maximum atomic E-state index is 11.8. The van der Waals surface area contributed by atoms with Crippen LogP contribution in [0.25, 0.3) is 0 Å². The van der Waals surface area contributed by atoms with E-state index in [2.05, 4.69) is 32.6 Å². The number of rotatable bonds is 16. The largest absolute Gasteiger partial charge is 0.369 e. The van der Waals surface area contributed by atoms with Crippen LogP contribution in [0.2, 0.25) is 0 Å². The standard InChI is InChI=1S/C20H42N2O/c1-5-8-9-10-11-12-13-14-15-16-17-19(20(21)23)18(4)22(6-2)7-3/h18-19H,5-17H2,1-4H3,(H2,21,23). The van der Waals surface area contributed by atoms with Crippen LogP contribution < -0.4 is 5.73 Å². The van der Waals surface area contributed by atoms with Gasteiger partial charge in [-0.1, -0.05) is 85.0 Å². The van der Waals surface area contributed by atoms with Crippen molar-refractivity contribution < 1.29 is 4.79 Å². The average molecular weight is 327 g/mol. The molecule has 0 spiro atoms. The number of hydrogen-bond donors (Lipinski definition) is 1. The first-order valence-electron chi connectivity index (χ1n) is 10.1.